The first-order valence-electron chi connectivity index (χ1n) is 10.5. The lowest BCUT2D eigenvalue weighted by Gasteiger charge is -2.22. The molecule has 3 aromatic rings. The fourth-order valence-corrected chi connectivity index (χ4v) is 4.05. The summed E-state index contributed by atoms with van der Waals surface area (Å²) in [5.74, 6) is -0.873. The Morgan fingerprint density at radius 2 is 1.97 bits per heavy atom. The molecule has 3 amide bonds. The SMILES string of the molecule is CC(NC(=O)C1CC(c2ccccc2)CN1C(=O)O)C(=O)NCc1ccc2nccn2c1. The number of pyridine rings is 1. The van der Waals surface area contributed by atoms with E-state index in [9.17, 15) is 19.5 Å². The molecule has 1 saturated heterocycles. The number of aromatic nitrogens is 2. The number of carbonyl (C=O) groups excluding carboxylic acids is 2. The molecule has 9 nitrogen and oxygen atoms in total. The van der Waals surface area contributed by atoms with E-state index in [-0.39, 0.29) is 18.4 Å². The Morgan fingerprint density at radius 3 is 2.72 bits per heavy atom. The van der Waals surface area contributed by atoms with Gasteiger partial charge >= 0.3 is 6.09 Å². The average Bonchev–Trinajstić information content (AvgIpc) is 3.45. The minimum absolute atomic E-state index is 0.0646. The van der Waals surface area contributed by atoms with Crippen molar-refractivity contribution in [3.8, 4) is 0 Å². The third-order valence-electron chi connectivity index (χ3n) is 5.79. The molecular weight excluding hydrogens is 410 g/mol. The fourth-order valence-electron chi connectivity index (χ4n) is 4.05. The Bertz CT molecular complexity index is 1130. The number of nitrogens with one attached hydrogen (secondary N) is 2. The van der Waals surface area contributed by atoms with Crippen LogP contribution >= 0.6 is 0 Å². The standard InChI is InChI=1S/C23H25N5O4/c1-15(21(29)25-12-16-7-8-20-24-9-10-27(20)13-16)26-22(30)19-11-18(14-28(19)23(31)32)17-5-3-2-4-6-17/h2-10,13,15,18-19H,11-12,14H2,1H3,(H,25,29)(H,26,30)(H,31,32). The molecule has 0 spiro atoms. The van der Waals surface area contributed by atoms with Gasteiger partial charge in [-0.3, -0.25) is 14.5 Å². The summed E-state index contributed by atoms with van der Waals surface area (Å²) >= 11 is 0. The van der Waals surface area contributed by atoms with E-state index in [1.54, 1.807) is 13.1 Å². The quantitative estimate of drug-likeness (QED) is 0.548. The van der Waals surface area contributed by atoms with Crippen LogP contribution < -0.4 is 10.6 Å². The van der Waals surface area contributed by atoms with E-state index in [0.29, 0.717) is 13.0 Å². The van der Waals surface area contributed by atoms with E-state index in [2.05, 4.69) is 15.6 Å². The van der Waals surface area contributed by atoms with Gasteiger partial charge in [0.1, 0.15) is 17.7 Å². The monoisotopic (exact) mass is 435 g/mol. The average molecular weight is 435 g/mol. The fraction of sp³-hybridized carbons (Fsp3) is 0.304. The van der Waals surface area contributed by atoms with E-state index >= 15 is 0 Å². The molecule has 1 aliphatic rings. The maximum Gasteiger partial charge on any atom is 0.408 e. The summed E-state index contributed by atoms with van der Waals surface area (Å²) in [5, 5.41) is 15.0. The molecule has 0 aliphatic carbocycles. The van der Waals surface area contributed by atoms with Crippen molar-refractivity contribution in [3.05, 3.63) is 72.2 Å². The zero-order valence-corrected chi connectivity index (χ0v) is 17.6. The van der Waals surface area contributed by atoms with E-state index < -0.39 is 24.1 Å². The summed E-state index contributed by atoms with van der Waals surface area (Å²) in [5.41, 5.74) is 2.70. The number of benzene rings is 1. The highest BCUT2D eigenvalue weighted by molar-refractivity contribution is 5.91. The number of nitrogens with zero attached hydrogens (tertiary/aromatic N) is 3. The van der Waals surface area contributed by atoms with Gasteiger partial charge in [-0.05, 0) is 30.5 Å². The zero-order valence-electron chi connectivity index (χ0n) is 17.6. The van der Waals surface area contributed by atoms with Crippen LogP contribution in [-0.4, -0.2) is 55.9 Å². The first-order chi connectivity index (χ1) is 15.4. The molecule has 2 aromatic heterocycles. The largest absolute Gasteiger partial charge is 0.465 e. The van der Waals surface area contributed by atoms with Gasteiger partial charge in [-0.2, -0.15) is 0 Å². The molecule has 3 atom stereocenters. The maximum atomic E-state index is 12.8. The van der Waals surface area contributed by atoms with Crippen molar-refractivity contribution < 1.29 is 19.5 Å². The van der Waals surface area contributed by atoms with Gasteiger partial charge in [0.05, 0.1) is 0 Å². The number of hydrogen-bond donors (Lipinski definition) is 3. The van der Waals surface area contributed by atoms with Crippen LogP contribution in [0.25, 0.3) is 5.65 Å². The van der Waals surface area contributed by atoms with Gasteiger partial charge in [-0.1, -0.05) is 36.4 Å². The van der Waals surface area contributed by atoms with Gasteiger partial charge in [0.25, 0.3) is 0 Å². The highest BCUT2D eigenvalue weighted by Gasteiger charge is 2.40. The molecule has 3 heterocycles. The minimum atomic E-state index is -1.14. The maximum absolute atomic E-state index is 12.8. The van der Waals surface area contributed by atoms with Crippen LogP contribution in [-0.2, 0) is 16.1 Å². The van der Waals surface area contributed by atoms with Crippen LogP contribution in [0.1, 0.15) is 30.4 Å². The molecule has 3 unspecified atom stereocenters. The molecule has 9 heteroatoms. The van der Waals surface area contributed by atoms with Crippen molar-refractivity contribution in [3.63, 3.8) is 0 Å². The second-order valence-corrected chi connectivity index (χ2v) is 7.97. The molecule has 4 rings (SSSR count). The molecule has 0 bridgehead atoms. The number of hydrogen-bond acceptors (Lipinski definition) is 4. The van der Waals surface area contributed by atoms with Gasteiger partial charge in [-0.15, -0.1) is 0 Å². The topological polar surface area (TPSA) is 116 Å². The van der Waals surface area contributed by atoms with E-state index in [1.807, 2.05) is 59.3 Å². The van der Waals surface area contributed by atoms with Crippen molar-refractivity contribution in [1.82, 2.24) is 24.9 Å². The van der Waals surface area contributed by atoms with Crippen LogP contribution in [0.4, 0.5) is 4.79 Å². The Hall–Kier alpha value is -3.88. The first-order valence-corrected chi connectivity index (χ1v) is 10.5. The molecule has 166 valence electrons. The van der Waals surface area contributed by atoms with Crippen LogP contribution in [0, 0.1) is 0 Å². The number of rotatable bonds is 6. The molecule has 3 N–H and O–H groups in total. The summed E-state index contributed by atoms with van der Waals surface area (Å²) in [6.45, 7) is 2.13. The lowest BCUT2D eigenvalue weighted by Crippen LogP contribution is -2.51. The molecule has 32 heavy (non-hydrogen) atoms. The Labute approximate surface area is 185 Å². The van der Waals surface area contributed by atoms with Gasteiger partial charge in [0, 0.05) is 37.6 Å². The summed E-state index contributed by atoms with van der Waals surface area (Å²) in [7, 11) is 0. The smallest absolute Gasteiger partial charge is 0.408 e. The summed E-state index contributed by atoms with van der Waals surface area (Å²) in [4.78, 5) is 42.4. The van der Waals surface area contributed by atoms with Crippen LogP contribution in [0.3, 0.4) is 0 Å². The predicted octanol–water partition coefficient (Wildman–Crippen LogP) is 1.99. The van der Waals surface area contributed by atoms with Crippen molar-refractivity contribution in [2.75, 3.05) is 6.54 Å². The molecular formula is C23H25N5O4. The predicted molar refractivity (Wildman–Crippen MR) is 117 cm³/mol. The third kappa shape index (κ3) is 4.56. The van der Waals surface area contributed by atoms with Crippen LogP contribution in [0.2, 0.25) is 0 Å². The lowest BCUT2D eigenvalue weighted by molar-refractivity contribution is -0.130. The summed E-state index contributed by atoms with van der Waals surface area (Å²) < 4.78 is 1.86. The van der Waals surface area contributed by atoms with Crippen molar-refractivity contribution in [2.24, 2.45) is 0 Å². The molecule has 0 radical (unpaired) electrons. The Balaban J connectivity index is 1.35. The molecule has 1 aromatic carbocycles. The highest BCUT2D eigenvalue weighted by Crippen LogP contribution is 2.31. The van der Waals surface area contributed by atoms with E-state index in [0.717, 1.165) is 21.7 Å². The zero-order chi connectivity index (χ0) is 22.7. The van der Waals surface area contributed by atoms with Crippen LogP contribution in [0.5, 0.6) is 0 Å². The number of likely N-dealkylation sites (tertiary alicyclic amines) is 1. The molecule has 1 fully saturated rings. The third-order valence-corrected chi connectivity index (χ3v) is 5.79. The van der Waals surface area contributed by atoms with Gasteiger partial charge in [0.2, 0.25) is 11.8 Å². The second-order valence-electron chi connectivity index (χ2n) is 7.97. The second kappa shape index (κ2) is 9.09. The number of carboxylic acid groups (broad SMARTS) is 1. The van der Waals surface area contributed by atoms with E-state index in [1.165, 1.54) is 0 Å². The number of fused-ring (bicyclic) bond motifs is 1. The van der Waals surface area contributed by atoms with Crippen molar-refractivity contribution in [1.29, 1.82) is 0 Å². The summed E-state index contributed by atoms with van der Waals surface area (Å²) in [6, 6.07) is 11.6. The van der Waals surface area contributed by atoms with Crippen LogP contribution in [0.15, 0.2) is 61.1 Å². The minimum Gasteiger partial charge on any atom is -0.465 e. The number of carbonyl (C=O) groups is 3. The number of amides is 3. The van der Waals surface area contributed by atoms with Gasteiger partial charge < -0.3 is 20.1 Å². The van der Waals surface area contributed by atoms with Crippen molar-refractivity contribution in [2.45, 2.75) is 37.9 Å². The lowest BCUT2D eigenvalue weighted by atomic mass is 9.96. The molecule has 0 saturated carbocycles. The highest BCUT2D eigenvalue weighted by atomic mass is 16.4. The van der Waals surface area contributed by atoms with Gasteiger partial charge in [-0.25, -0.2) is 9.78 Å². The van der Waals surface area contributed by atoms with E-state index in [4.69, 9.17) is 0 Å². The summed E-state index contributed by atoms with van der Waals surface area (Å²) in [6.07, 6.45) is 4.62. The number of imidazole rings is 1. The molecule has 1 aliphatic heterocycles. The normalized spacial score (nSPS) is 19.0. The first kappa shape index (κ1) is 21.4. The Morgan fingerprint density at radius 1 is 1.19 bits per heavy atom. The van der Waals surface area contributed by atoms with Gasteiger partial charge in [0.15, 0.2) is 0 Å². The van der Waals surface area contributed by atoms with Crippen molar-refractivity contribution >= 4 is 23.6 Å². The Kier molecular flexibility index (Phi) is 6.07.